The average molecular weight is 514 g/mol. The van der Waals surface area contributed by atoms with Gasteiger partial charge in [0.15, 0.2) is 11.6 Å². The quantitative estimate of drug-likeness (QED) is 0.559. The number of likely N-dealkylation sites (tertiary alicyclic amines) is 1. The number of aliphatic hydroxyl groups excluding tert-OH is 1. The Balaban J connectivity index is 1.63. The molecule has 0 spiro atoms. The number of nitrogens with zero attached hydrogens (tertiary/aromatic N) is 3. The number of β-amino-alcohol motifs (C(OH)–C–C–N with tert-alkyl or cyclic N) is 1. The van der Waals surface area contributed by atoms with E-state index in [1.165, 1.54) is 4.90 Å². The molecular formula is C25H31N5O5S. The fourth-order valence-electron chi connectivity index (χ4n) is 4.62. The van der Waals surface area contributed by atoms with Gasteiger partial charge in [-0.3, -0.25) is 9.59 Å². The summed E-state index contributed by atoms with van der Waals surface area (Å²) in [6.45, 7) is 8.94. The van der Waals surface area contributed by atoms with Crippen molar-refractivity contribution in [2.75, 3.05) is 6.54 Å². The Kier molecular flexibility index (Phi) is 6.65. The third-order valence-electron chi connectivity index (χ3n) is 6.61. The second-order valence-corrected chi connectivity index (χ2v) is 11.3. The van der Waals surface area contributed by atoms with Gasteiger partial charge in [-0.1, -0.05) is 45.0 Å². The van der Waals surface area contributed by atoms with E-state index >= 15 is 0 Å². The zero-order valence-electron chi connectivity index (χ0n) is 20.9. The monoisotopic (exact) mass is 513 g/mol. The molecule has 4 rings (SSSR count). The van der Waals surface area contributed by atoms with Gasteiger partial charge in [0.05, 0.1) is 28.2 Å². The van der Waals surface area contributed by atoms with E-state index in [4.69, 9.17) is 15.5 Å². The van der Waals surface area contributed by atoms with Crippen LogP contribution in [0, 0.1) is 12.3 Å². The summed E-state index contributed by atoms with van der Waals surface area (Å²) in [5.74, 6) is -0.534. The van der Waals surface area contributed by atoms with Gasteiger partial charge in [-0.25, -0.2) is 14.8 Å². The van der Waals surface area contributed by atoms with Gasteiger partial charge in [0.2, 0.25) is 0 Å². The topological polar surface area (TPSA) is 147 Å². The number of primary amides is 1. The fraction of sp³-hybridized carbons (Fsp3) is 0.480. The van der Waals surface area contributed by atoms with Gasteiger partial charge >= 0.3 is 6.09 Å². The Morgan fingerprint density at radius 3 is 2.53 bits per heavy atom. The Hall–Kier alpha value is -3.31. The van der Waals surface area contributed by atoms with Crippen LogP contribution in [-0.4, -0.2) is 63.5 Å². The average Bonchev–Trinajstić information content (AvgIpc) is 3.48. The van der Waals surface area contributed by atoms with Crippen LogP contribution in [0.5, 0.6) is 0 Å². The van der Waals surface area contributed by atoms with Crippen LogP contribution in [0.25, 0.3) is 10.4 Å². The maximum Gasteiger partial charge on any atom is 0.405 e. The number of thiazole rings is 1. The smallest absolute Gasteiger partial charge is 0.405 e. The van der Waals surface area contributed by atoms with Gasteiger partial charge in [-0.2, -0.15) is 0 Å². The normalized spacial score (nSPS) is 24.9. The molecule has 0 radical (unpaired) electrons. The lowest BCUT2D eigenvalue weighted by atomic mass is 9.88. The highest BCUT2D eigenvalue weighted by molar-refractivity contribution is 7.13. The predicted molar refractivity (Wildman–Crippen MR) is 135 cm³/mol. The fourth-order valence-corrected chi connectivity index (χ4v) is 5.43. The highest BCUT2D eigenvalue weighted by atomic mass is 32.1. The number of amides is 3. The number of rotatable bonds is 5. The highest BCUT2D eigenvalue weighted by Gasteiger charge is 2.49. The van der Waals surface area contributed by atoms with E-state index in [1.54, 1.807) is 44.5 Å². The van der Waals surface area contributed by atoms with Crippen LogP contribution in [0.2, 0.25) is 0 Å². The number of aliphatic imine (C=N–C) groups is 1. The summed E-state index contributed by atoms with van der Waals surface area (Å²) in [5, 5.41) is 13.2. The minimum atomic E-state index is -1.20. The maximum absolute atomic E-state index is 13.4. The molecule has 0 bridgehead atoms. The second-order valence-electron chi connectivity index (χ2n) is 10.4. The van der Waals surface area contributed by atoms with Crippen molar-refractivity contribution in [2.24, 2.45) is 16.1 Å². The van der Waals surface area contributed by atoms with Gasteiger partial charge in [0, 0.05) is 18.4 Å². The number of hydrogen-bond donors (Lipinski definition) is 3. The molecule has 2 aliphatic heterocycles. The Labute approximate surface area is 213 Å². The number of carbonyl (C=O) groups is 3. The lowest BCUT2D eigenvalue weighted by Crippen LogP contribution is -2.53. The van der Waals surface area contributed by atoms with Crippen molar-refractivity contribution >= 4 is 35.1 Å². The molecule has 2 aliphatic rings. The maximum atomic E-state index is 13.4. The second kappa shape index (κ2) is 9.29. The van der Waals surface area contributed by atoms with Crippen molar-refractivity contribution in [1.82, 2.24) is 15.2 Å². The van der Waals surface area contributed by atoms with E-state index in [1.807, 2.05) is 31.2 Å². The molecule has 1 saturated heterocycles. The Morgan fingerprint density at radius 1 is 1.31 bits per heavy atom. The van der Waals surface area contributed by atoms with E-state index in [0.717, 1.165) is 16.1 Å². The molecule has 1 aromatic heterocycles. The molecule has 1 fully saturated rings. The minimum absolute atomic E-state index is 0.0205. The summed E-state index contributed by atoms with van der Waals surface area (Å²) in [5.41, 5.74) is 7.71. The molecule has 4 N–H and O–H groups in total. The summed E-state index contributed by atoms with van der Waals surface area (Å²) in [4.78, 5) is 49.5. The van der Waals surface area contributed by atoms with Gasteiger partial charge in [-0.05, 0) is 25.0 Å². The number of nitrogens with one attached hydrogen (secondary N) is 1. The van der Waals surface area contributed by atoms with Crippen LogP contribution in [0.3, 0.4) is 0 Å². The molecule has 4 atom stereocenters. The number of nitrogens with two attached hydrogens (primary N) is 1. The summed E-state index contributed by atoms with van der Waals surface area (Å²) in [7, 11) is 0. The first kappa shape index (κ1) is 25.8. The predicted octanol–water partition coefficient (Wildman–Crippen LogP) is 2.33. The molecule has 1 aromatic carbocycles. The third-order valence-corrected chi connectivity index (χ3v) is 7.58. The van der Waals surface area contributed by atoms with Crippen LogP contribution in [-0.2, 0) is 19.9 Å². The summed E-state index contributed by atoms with van der Waals surface area (Å²) < 4.78 is 5.15. The van der Waals surface area contributed by atoms with E-state index in [-0.39, 0.29) is 18.9 Å². The number of aromatic nitrogens is 1. The molecule has 3 amide bonds. The zero-order chi connectivity index (χ0) is 26.4. The number of hydrogen-bond acceptors (Lipinski definition) is 8. The van der Waals surface area contributed by atoms with E-state index in [2.05, 4.69) is 10.3 Å². The van der Waals surface area contributed by atoms with E-state index < -0.39 is 41.2 Å². The van der Waals surface area contributed by atoms with Crippen molar-refractivity contribution in [2.45, 2.75) is 64.8 Å². The van der Waals surface area contributed by atoms with E-state index in [0.29, 0.717) is 11.4 Å². The Morgan fingerprint density at radius 2 is 1.97 bits per heavy atom. The molecule has 1 unspecified atom stereocenters. The standard InChI is InChI=1S/C25H31N5O5S/c1-13-18(36-12-27-13)14-6-8-15(9-7-14)25(5)22(33)28-20(29-25)17-10-16(31)11-30(17)21(32)19(24(2,3)4)35-23(26)34/h6-9,12,16-17,19,31H,10-11H2,1-5H3,(H2,26,34)(H,28,29,33)/t16-,17?,19-,25+/m1/s1. The van der Waals surface area contributed by atoms with Gasteiger partial charge in [-0.15, -0.1) is 11.3 Å². The number of carbonyl (C=O) groups excluding carboxylic acids is 3. The number of benzene rings is 1. The van der Waals surface area contributed by atoms with Crippen molar-refractivity contribution in [3.05, 3.63) is 41.0 Å². The first-order chi connectivity index (χ1) is 16.8. The summed E-state index contributed by atoms with van der Waals surface area (Å²) in [6, 6.07) is 6.92. The highest BCUT2D eigenvalue weighted by Crippen LogP contribution is 2.35. The van der Waals surface area contributed by atoms with Crippen molar-refractivity contribution in [3.63, 3.8) is 0 Å². The molecule has 192 valence electrons. The minimum Gasteiger partial charge on any atom is -0.436 e. The van der Waals surface area contributed by atoms with E-state index in [9.17, 15) is 19.5 Å². The molecule has 0 saturated carbocycles. The van der Waals surface area contributed by atoms with Gasteiger partial charge in [0.25, 0.3) is 11.8 Å². The van der Waals surface area contributed by atoms with Crippen molar-refractivity contribution < 1.29 is 24.2 Å². The zero-order valence-corrected chi connectivity index (χ0v) is 21.8. The number of ether oxygens (including phenoxy) is 1. The molecule has 2 aromatic rings. The number of amidine groups is 1. The van der Waals surface area contributed by atoms with Crippen molar-refractivity contribution in [1.29, 1.82) is 0 Å². The van der Waals surface area contributed by atoms with Crippen LogP contribution in [0.15, 0.2) is 34.8 Å². The first-order valence-corrected chi connectivity index (χ1v) is 12.6. The van der Waals surface area contributed by atoms with Gasteiger partial charge < -0.3 is 25.8 Å². The summed E-state index contributed by atoms with van der Waals surface area (Å²) in [6.07, 6.45) is -2.84. The van der Waals surface area contributed by atoms with Crippen molar-refractivity contribution in [3.8, 4) is 10.4 Å². The third kappa shape index (κ3) is 4.72. The lowest BCUT2D eigenvalue weighted by molar-refractivity contribution is -0.146. The van der Waals surface area contributed by atoms with Crippen LogP contribution >= 0.6 is 11.3 Å². The first-order valence-electron chi connectivity index (χ1n) is 11.7. The summed E-state index contributed by atoms with van der Waals surface area (Å²) >= 11 is 1.55. The molecule has 3 heterocycles. The van der Waals surface area contributed by atoms with Gasteiger partial charge in [0.1, 0.15) is 5.84 Å². The largest absolute Gasteiger partial charge is 0.436 e. The SMILES string of the molecule is Cc1ncsc1-c1ccc([C@]2(C)N=C(C3C[C@@H](O)CN3C(=O)[C@@H](OC(N)=O)C(C)(C)C)NC2=O)cc1. The molecular weight excluding hydrogens is 482 g/mol. The molecule has 0 aliphatic carbocycles. The Bertz CT molecular complexity index is 1220. The molecule has 11 heteroatoms. The lowest BCUT2D eigenvalue weighted by Gasteiger charge is -2.34. The molecule has 36 heavy (non-hydrogen) atoms. The van der Waals surface area contributed by atoms with Crippen LogP contribution < -0.4 is 11.1 Å². The van der Waals surface area contributed by atoms with Crippen LogP contribution in [0.4, 0.5) is 4.79 Å². The molecule has 10 nitrogen and oxygen atoms in total. The van der Waals surface area contributed by atoms with Crippen LogP contribution in [0.1, 0.15) is 45.4 Å². The number of aliphatic hydroxyl groups is 1. The number of aryl methyl sites for hydroxylation is 1.